The number of nitro benzene ring substituents is 1. The minimum Gasteiger partial charge on any atom is -0.392 e. The molecule has 1 aliphatic rings. The van der Waals surface area contributed by atoms with Crippen LogP contribution in [-0.2, 0) is 0 Å². The topological polar surface area (TPSA) is 63.4 Å². The average Bonchev–Trinajstić information content (AvgIpc) is 2.54. The fourth-order valence-corrected chi connectivity index (χ4v) is 2.52. The normalized spacial score (nSPS) is 25.2. The summed E-state index contributed by atoms with van der Waals surface area (Å²) in [6, 6.07) is 6.59. The van der Waals surface area contributed by atoms with E-state index in [2.05, 4.69) is 0 Å². The van der Waals surface area contributed by atoms with Gasteiger partial charge in [0, 0.05) is 18.1 Å². The third-order valence-corrected chi connectivity index (χ3v) is 3.51. The highest BCUT2D eigenvalue weighted by molar-refractivity contribution is 5.34. The van der Waals surface area contributed by atoms with Crippen molar-refractivity contribution in [3.8, 4) is 0 Å². The van der Waals surface area contributed by atoms with Crippen LogP contribution in [0.1, 0.15) is 43.6 Å². The van der Waals surface area contributed by atoms with Crippen LogP contribution in [0.15, 0.2) is 24.3 Å². The van der Waals surface area contributed by atoms with Gasteiger partial charge in [0.1, 0.15) is 0 Å². The van der Waals surface area contributed by atoms with Crippen LogP contribution in [0.3, 0.4) is 0 Å². The number of rotatable bonds is 2. The lowest BCUT2D eigenvalue weighted by Crippen LogP contribution is -2.16. The first kappa shape index (κ1) is 12.0. The molecule has 4 heteroatoms. The van der Waals surface area contributed by atoms with Crippen molar-refractivity contribution in [3.63, 3.8) is 0 Å². The van der Waals surface area contributed by atoms with Gasteiger partial charge < -0.3 is 5.11 Å². The lowest BCUT2D eigenvalue weighted by molar-refractivity contribution is -0.384. The molecule has 1 aliphatic carbocycles. The second-order valence-electron chi connectivity index (χ2n) is 4.66. The number of non-ortho nitro benzene ring substituents is 1. The lowest BCUT2D eigenvalue weighted by atomic mass is 9.89. The van der Waals surface area contributed by atoms with Gasteiger partial charge in [-0.05, 0) is 18.4 Å². The molecule has 1 aromatic carbocycles. The summed E-state index contributed by atoms with van der Waals surface area (Å²) in [6.45, 7) is 0. The molecular weight excluding hydrogens is 218 g/mol. The zero-order valence-electron chi connectivity index (χ0n) is 9.71. The van der Waals surface area contributed by atoms with Crippen LogP contribution in [0.25, 0.3) is 0 Å². The Bertz CT molecular complexity index is 388. The van der Waals surface area contributed by atoms with Crippen molar-refractivity contribution in [2.24, 2.45) is 0 Å². The van der Waals surface area contributed by atoms with Crippen LogP contribution < -0.4 is 0 Å². The van der Waals surface area contributed by atoms with E-state index >= 15 is 0 Å². The van der Waals surface area contributed by atoms with Gasteiger partial charge in [0.25, 0.3) is 5.69 Å². The minimum atomic E-state index is -0.396. The van der Waals surface area contributed by atoms with Crippen molar-refractivity contribution < 1.29 is 10.0 Å². The van der Waals surface area contributed by atoms with Crippen molar-refractivity contribution in [3.05, 3.63) is 39.9 Å². The highest BCUT2D eigenvalue weighted by Gasteiger charge is 2.23. The molecule has 2 unspecified atom stereocenters. The molecule has 0 heterocycles. The van der Waals surface area contributed by atoms with Crippen molar-refractivity contribution >= 4 is 5.69 Å². The van der Waals surface area contributed by atoms with Gasteiger partial charge in [0.15, 0.2) is 0 Å². The van der Waals surface area contributed by atoms with E-state index in [1.165, 1.54) is 18.6 Å². The largest absolute Gasteiger partial charge is 0.392 e. The first-order valence-electron chi connectivity index (χ1n) is 6.11. The quantitative estimate of drug-likeness (QED) is 0.487. The number of nitro groups is 1. The Morgan fingerprint density at radius 1 is 1.12 bits per heavy atom. The van der Waals surface area contributed by atoms with Crippen molar-refractivity contribution in [1.29, 1.82) is 0 Å². The Morgan fingerprint density at radius 3 is 2.41 bits per heavy atom. The standard InChI is InChI=1S/C13H17NO3/c15-13-5-3-1-2-4-12(13)10-6-8-11(9-7-10)14(16)17/h6-9,12-13,15H,1-5H2. The van der Waals surface area contributed by atoms with Gasteiger partial charge >= 0.3 is 0 Å². The van der Waals surface area contributed by atoms with Gasteiger partial charge in [0.05, 0.1) is 11.0 Å². The number of aliphatic hydroxyl groups is 1. The Kier molecular flexibility index (Phi) is 3.74. The maximum atomic E-state index is 10.6. The molecule has 0 aliphatic heterocycles. The summed E-state index contributed by atoms with van der Waals surface area (Å²) >= 11 is 0. The summed E-state index contributed by atoms with van der Waals surface area (Å²) in [5, 5.41) is 20.6. The minimum absolute atomic E-state index is 0.108. The molecule has 1 aromatic rings. The van der Waals surface area contributed by atoms with Crippen molar-refractivity contribution in [1.82, 2.24) is 0 Å². The van der Waals surface area contributed by atoms with Crippen LogP contribution in [0.2, 0.25) is 0 Å². The number of benzene rings is 1. The molecule has 1 N–H and O–H groups in total. The molecule has 17 heavy (non-hydrogen) atoms. The Labute approximate surface area is 100 Å². The summed E-state index contributed by atoms with van der Waals surface area (Å²) < 4.78 is 0. The number of nitrogens with zero attached hydrogens (tertiary/aromatic N) is 1. The maximum absolute atomic E-state index is 10.6. The summed E-state index contributed by atoms with van der Waals surface area (Å²) in [6.07, 6.45) is 4.86. The summed E-state index contributed by atoms with van der Waals surface area (Å²) in [5.74, 6) is 0.137. The Hall–Kier alpha value is -1.42. The second kappa shape index (κ2) is 5.27. The highest BCUT2D eigenvalue weighted by Crippen LogP contribution is 2.32. The van der Waals surface area contributed by atoms with Crippen molar-refractivity contribution in [2.45, 2.75) is 44.1 Å². The molecule has 2 atom stereocenters. The van der Waals surface area contributed by atoms with E-state index < -0.39 is 4.92 Å². The summed E-state index contributed by atoms with van der Waals surface area (Å²) in [7, 11) is 0. The predicted molar refractivity (Wildman–Crippen MR) is 64.9 cm³/mol. The van der Waals surface area contributed by atoms with E-state index in [1.807, 2.05) is 0 Å². The van der Waals surface area contributed by atoms with Crippen LogP contribution in [-0.4, -0.2) is 16.1 Å². The maximum Gasteiger partial charge on any atom is 0.269 e. The monoisotopic (exact) mass is 235 g/mol. The van der Waals surface area contributed by atoms with Gasteiger partial charge in [-0.25, -0.2) is 0 Å². The zero-order chi connectivity index (χ0) is 12.3. The van der Waals surface area contributed by atoms with E-state index in [1.54, 1.807) is 12.1 Å². The molecule has 0 bridgehead atoms. The molecule has 1 saturated carbocycles. The smallest absolute Gasteiger partial charge is 0.269 e. The number of aliphatic hydroxyl groups excluding tert-OH is 1. The zero-order valence-corrected chi connectivity index (χ0v) is 9.71. The average molecular weight is 235 g/mol. The van der Waals surface area contributed by atoms with Crippen LogP contribution in [0.5, 0.6) is 0 Å². The Morgan fingerprint density at radius 2 is 1.76 bits per heavy atom. The number of hydrogen-bond acceptors (Lipinski definition) is 3. The molecule has 4 nitrogen and oxygen atoms in total. The molecule has 0 amide bonds. The van der Waals surface area contributed by atoms with Gasteiger partial charge in [-0.15, -0.1) is 0 Å². The van der Waals surface area contributed by atoms with Crippen LogP contribution >= 0.6 is 0 Å². The van der Waals surface area contributed by atoms with Crippen molar-refractivity contribution in [2.75, 3.05) is 0 Å². The lowest BCUT2D eigenvalue weighted by Gasteiger charge is -2.20. The second-order valence-corrected chi connectivity index (χ2v) is 4.66. The molecular formula is C13H17NO3. The molecule has 1 fully saturated rings. The van der Waals surface area contributed by atoms with Gasteiger partial charge in [-0.2, -0.15) is 0 Å². The summed E-state index contributed by atoms with van der Waals surface area (Å²) in [5.41, 5.74) is 1.13. The molecule has 0 saturated heterocycles. The molecule has 0 radical (unpaired) electrons. The molecule has 0 aromatic heterocycles. The van der Waals surface area contributed by atoms with Gasteiger partial charge in [0.2, 0.25) is 0 Å². The van der Waals surface area contributed by atoms with E-state index in [9.17, 15) is 15.2 Å². The first-order valence-corrected chi connectivity index (χ1v) is 6.11. The van der Waals surface area contributed by atoms with Crippen LogP contribution in [0, 0.1) is 10.1 Å². The number of hydrogen-bond donors (Lipinski definition) is 1. The molecule has 2 rings (SSSR count). The van der Waals surface area contributed by atoms with E-state index in [-0.39, 0.29) is 17.7 Å². The third kappa shape index (κ3) is 2.82. The summed E-state index contributed by atoms with van der Waals surface area (Å²) in [4.78, 5) is 10.2. The molecule has 0 spiro atoms. The predicted octanol–water partition coefficient (Wildman–Crippen LogP) is 3.00. The van der Waals surface area contributed by atoms with Gasteiger partial charge in [-0.3, -0.25) is 10.1 Å². The fraction of sp³-hybridized carbons (Fsp3) is 0.538. The van der Waals surface area contributed by atoms with E-state index in [0.717, 1.165) is 31.2 Å². The first-order chi connectivity index (χ1) is 8.18. The highest BCUT2D eigenvalue weighted by atomic mass is 16.6. The Balaban J connectivity index is 2.17. The molecule has 92 valence electrons. The van der Waals surface area contributed by atoms with E-state index in [0.29, 0.717) is 0 Å². The fourth-order valence-electron chi connectivity index (χ4n) is 2.52. The SMILES string of the molecule is O=[N+]([O-])c1ccc(C2CCCCCC2O)cc1. The van der Waals surface area contributed by atoms with E-state index in [4.69, 9.17) is 0 Å². The van der Waals surface area contributed by atoms with Crippen LogP contribution in [0.4, 0.5) is 5.69 Å². The van der Waals surface area contributed by atoms with Gasteiger partial charge in [-0.1, -0.05) is 31.4 Å². The third-order valence-electron chi connectivity index (χ3n) is 3.51.